The Morgan fingerprint density at radius 3 is 2.43 bits per heavy atom. The average Bonchev–Trinajstić information content (AvgIpc) is 2.14. The molecule has 1 fully saturated rings. The third-order valence-corrected chi connectivity index (χ3v) is 2.12. The maximum atomic E-state index is 10.5. The van der Waals surface area contributed by atoms with Gasteiger partial charge in [-0.3, -0.25) is 0 Å². The number of nitrogens with zero attached hydrogens (tertiary/aromatic N) is 1. The van der Waals surface area contributed by atoms with E-state index in [2.05, 4.69) is 10.5 Å². The normalized spacial score (nSPS) is 26.4. The lowest BCUT2D eigenvalue weighted by molar-refractivity contribution is -0.0515. The molecule has 0 unspecified atom stereocenters. The molecular formula is C9H17N3O2. The lowest BCUT2D eigenvalue weighted by atomic mass is 9.98. The van der Waals surface area contributed by atoms with Crippen LogP contribution >= 0.6 is 0 Å². The van der Waals surface area contributed by atoms with Crippen LogP contribution in [-0.2, 0) is 4.74 Å². The highest BCUT2D eigenvalue weighted by Gasteiger charge is 2.43. The lowest BCUT2D eigenvalue weighted by Gasteiger charge is -2.23. The number of primary amides is 1. The smallest absolute Gasteiger partial charge is 0.332 e. The van der Waals surface area contributed by atoms with E-state index >= 15 is 0 Å². The Morgan fingerprint density at radius 2 is 2.07 bits per heavy atom. The van der Waals surface area contributed by atoms with E-state index in [0.717, 1.165) is 5.71 Å². The summed E-state index contributed by atoms with van der Waals surface area (Å²) in [4.78, 5) is 10.5. The minimum atomic E-state index is -0.655. The van der Waals surface area contributed by atoms with Crippen molar-refractivity contribution in [1.82, 2.24) is 5.43 Å². The number of hydrogen-bond acceptors (Lipinski definition) is 3. The molecule has 0 radical (unpaired) electrons. The number of nitrogens with two attached hydrogens (primary N) is 1. The van der Waals surface area contributed by atoms with E-state index in [0.29, 0.717) is 6.42 Å². The summed E-state index contributed by atoms with van der Waals surface area (Å²) in [5.41, 5.74) is 7.29. The molecule has 1 saturated heterocycles. The molecule has 14 heavy (non-hydrogen) atoms. The predicted octanol–water partition coefficient (Wildman–Crippen LogP) is 0.988. The molecule has 5 nitrogen and oxygen atoms in total. The number of amides is 2. The molecule has 5 heteroatoms. The first-order valence-electron chi connectivity index (χ1n) is 4.56. The van der Waals surface area contributed by atoms with Crippen molar-refractivity contribution < 1.29 is 9.53 Å². The highest BCUT2D eigenvalue weighted by atomic mass is 16.5. The zero-order chi connectivity index (χ0) is 11.0. The molecule has 0 spiro atoms. The first-order chi connectivity index (χ1) is 6.23. The van der Waals surface area contributed by atoms with Gasteiger partial charge in [-0.05, 0) is 27.7 Å². The van der Waals surface area contributed by atoms with E-state index in [9.17, 15) is 4.79 Å². The zero-order valence-electron chi connectivity index (χ0n) is 9.05. The molecule has 1 heterocycles. The Balaban J connectivity index is 2.80. The number of nitrogens with one attached hydrogen (secondary N) is 1. The van der Waals surface area contributed by atoms with E-state index < -0.39 is 11.6 Å². The summed E-state index contributed by atoms with van der Waals surface area (Å²) >= 11 is 0. The van der Waals surface area contributed by atoms with Crippen LogP contribution in [0.15, 0.2) is 5.10 Å². The number of urea groups is 1. The highest BCUT2D eigenvalue weighted by Crippen LogP contribution is 2.34. The fourth-order valence-corrected chi connectivity index (χ4v) is 1.70. The summed E-state index contributed by atoms with van der Waals surface area (Å²) in [6, 6.07) is -0.655. The Labute approximate surface area is 83.7 Å². The van der Waals surface area contributed by atoms with Crippen LogP contribution in [0.5, 0.6) is 0 Å². The summed E-state index contributed by atoms with van der Waals surface area (Å²) in [6.45, 7) is 7.82. The molecule has 0 aliphatic carbocycles. The summed E-state index contributed by atoms with van der Waals surface area (Å²) < 4.78 is 5.76. The van der Waals surface area contributed by atoms with Crippen molar-refractivity contribution in [2.75, 3.05) is 0 Å². The Kier molecular flexibility index (Phi) is 2.54. The number of ether oxygens (including phenoxy) is 1. The highest BCUT2D eigenvalue weighted by molar-refractivity contribution is 5.95. The fourth-order valence-electron chi connectivity index (χ4n) is 1.70. The molecule has 1 aliphatic rings. The summed E-state index contributed by atoms with van der Waals surface area (Å²) in [6.07, 6.45) is 0.695. The van der Waals surface area contributed by atoms with Gasteiger partial charge in [-0.1, -0.05) is 0 Å². The van der Waals surface area contributed by atoms with Gasteiger partial charge < -0.3 is 10.5 Å². The van der Waals surface area contributed by atoms with E-state index in [1.54, 1.807) is 0 Å². The van der Waals surface area contributed by atoms with Crippen molar-refractivity contribution in [3.05, 3.63) is 0 Å². The van der Waals surface area contributed by atoms with Crippen LogP contribution in [0.4, 0.5) is 4.79 Å². The topological polar surface area (TPSA) is 76.7 Å². The molecule has 0 aromatic carbocycles. The van der Waals surface area contributed by atoms with Crippen molar-refractivity contribution in [2.24, 2.45) is 10.8 Å². The molecule has 2 amide bonds. The molecule has 0 bridgehead atoms. The third kappa shape index (κ3) is 2.45. The maximum absolute atomic E-state index is 10.5. The summed E-state index contributed by atoms with van der Waals surface area (Å²) in [7, 11) is 0. The van der Waals surface area contributed by atoms with Crippen LogP contribution in [0, 0.1) is 0 Å². The molecule has 1 rings (SSSR count). The Morgan fingerprint density at radius 1 is 1.50 bits per heavy atom. The molecule has 0 aromatic heterocycles. The van der Waals surface area contributed by atoms with Crippen molar-refractivity contribution in [1.29, 1.82) is 0 Å². The van der Waals surface area contributed by atoms with E-state index in [1.165, 1.54) is 0 Å². The van der Waals surface area contributed by atoms with E-state index in [-0.39, 0.29) is 5.60 Å². The fraction of sp³-hybridized carbons (Fsp3) is 0.778. The van der Waals surface area contributed by atoms with Gasteiger partial charge in [-0.2, -0.15) is 5.10 Å². The van der Waals surface area contributed by atoms with Gasteiger partial charge in [0.15, 0.2) is 0 Å². The predicted molar refractivity (Wildman–Crippen MR) is 54.0 cm³/mol. The number of rotatable bonds is 1. The molecule has 0 aromatic rings. The van der Waals surface area contributed by atoms with E-state index in [4.69, 9.17) is 10.5 Å². The van der Waals surface area contributed by atoms with Gasteiger partial charge in [-0.25, -0.2) is 10.2 Å². The summed E-state index contributed by atoms with van der Waals surface area (Å²) in [5, 5.41) is 3.94. The first-order valence-corrected chi connectivity index (χ1v) is 4.56. The van der Waals surface area contributed by atoms with Gasteiger partial charge in [0.25, 0.3) is 0 Å². The van der Waals surface area contributed by atoms with Crippen LogP contribution in [0.1, 0.15) is 34.1 Å². The van der Waals surface area contributed by atoms with Gasteiger partial charge in [0.05, 0.1) is 11.3 Å². The lowest BCUT2D eigenvalue weighted by Crippen LogP contribution is -2.33. The van der Waals surface area contributed by atoms with Gasteiger partial charge in [-0.15, -0.1) is 0 Å². The Bertz CT molecular complexity index is 282. The molecule has 0 saturated carbocycles. The number of hydrogen-bond donors (Lipinski definition) is 2. The van der Waals surface area contributed by atoms with Crippen molar-refractivity contribution >= 4 is 11.7 Å². The number of hydrazone groups is 1. The van der Waals surface area contributed by atoms with Crippen LogP contribution in [0.25, 0.3) is 0 Å². The second kappa shape index (κ2) is 3.24. The van der Waals surface area contributed by atoms with E-state index in [1.807, 2.05) is 27.7 Å². The molecular weight excluding hydrogens is 182 g/mol. The number of carbonyl (C=O) groups excluding carboxylic acids is 1. The van der Waals surface area contributed by atoms with Crippen molar-refractivity contribution in [3.63, 3.8) is 0 Å². The van der Waals surface area contributed by atoms with Crippen LogP contribution < -0.4 is 11.2 Å². The first kappa shape index (κ1) is 11.0. The van der Waals surface area contributed by atoms with Crippen LogP contribution in [0.2, 0.25) is 0 Å². The largest absolute Gasteiger partial charge is 0.363 e. The quantitative estimate of drug-likeness (QED) is 0.618. The van der Waals surface area contributed by atoms with Crippen LogP contribution in [-0.4, -0.2) is 22.9 Å². The average molecular weight is 199 g/mol. The summed E-state index contributed by atoms with van der Waals surface area (Å²) in [5.74, 6) is 0. The SMILES string of the molecule is CC1(C)C/C(=N\NC(N)=O)C(C)(C)O1. The monoisotopic (exact) mass is 199 g/mol. The standard InChI is InChI=1S/C9H17N3O2/c1-8(2)5-6(9(3,4)14-8)11-12-7(10)13/h5H2,1-4H3,(H3,10,12,13)/b11-6+. The second-order valence-electron chi connectivity index (χ2n) is 4.58. The van der Waals surface area contributed by atoms with Gasteiger partial charge in [0.2, 0.25) is 0 Å². The van der Waals surface area contributed by atoms with Gasteiger partial charge in [0, 0.05) is 6.42 Å². The number of carbonyl (C=O) groups is 1. The van der Waals surface area contributed by atoms with Crippen LogP contribution in [0.3, 0.4) is 0 Å². The second-order valence-corrected chi connectivity index (χ2v) is 4.58. The maximum Gasteiger partial charge on any atom is 0.332 e. The zero-order valence-corrected chi connectivity index (χ0v) is 9.05. The molecule has 0 atom stereocenters. The van der Waals surface area contributed by atoms with Gasteiger partial charge in [0.1, 0.15) is 5.60 Å². The molecule has 3 N–H and O–H groups in total. The van der Waals surface area contributed by atoms with Crippen molar-refractivity contribution in [2.45, 2.75) is 45.3 Å². The minimum Gasteiger partial charge on any atom is -0.363 e. The molecule has 80 valence electrons. The van der Waals surface area contributed by atoms with Crippen molar-refractivity contribution in [3.8, 4) is 0 Å². The van der Waals surface area contributed by atoms with Gasteiger partial charge >= 0.3 is 6.03 Å². The minimum absolute atomic E-state index is 0.234. The Hall–Kier alpha value is -1.10. The molecule has 1 aliphatic heterocycles. The third-order valence-electron chi connectivity index (χ3n) is 2.12.